The summed E-state index contributed by atoms with van der Waals surface area (Å²) in [5, 5.41) is 2.92. The topological polar surface area (TPSA) is 47.6 Å². The molecule has 0 saturated heterocycles. The maximum atomic E-state index is 12.3. The Morgan fingerprint density at radius 3 is 2.57 bits per heavy atom. The van der Waals surface area contributed by atoms with Gasteiger partial charge in [0.15, 0.2) is 0 Å². The molecule has 0 aliphatic heterocycles. The predicted octanol–water partition coefficient (Wildman–Crippen LogP) is 4.60. The van der Waals surface area contributed by atoms with Gasteiger partial charge in [-0.2, -0.15) is 0 Å². The molecule has 0 aliphatic carbocycles. The highest BCUT2D eigenvalue weighted by Gasteiger charge is 2.16. The molecule has 2 aromatic rings. The summed E-state index contributed by atoms with van der Waals surface area (Å²) < 4.78 is 11.5. The van der Waals surface area contributed by atoms with Gasteiger partial charge in [-0.05, 0) is 45.6 Å². The number of para-hydroxylation sites is 1. The van der Waals surface area contributed by atoms with Gasteiger partial charge in [0, 0.05) is 17.0 Å². The molecule has 0 bridgehead atoms. The Kier molecular flexibility index (Phi) is 6.04. The van der Waals surface area contributed by atoms with Gasteiger partial charge in [0.05, 0.1) is 19.9 Å². The van der Waals surface area contributed by atoms with E-state index in [4.69, 9.17) is 9.47 Å². The number of nitrogens with one attached hydrogen (secondary N) is 1. The highest BCUT2D eigenvalue weighted by Crippen LogP contribution is 2.32. The minimum Gasteiger partial charge on any atom is -0.497 e. The van der Waals surface area contributed by atoms with Crippen molar-refractivity contribution in [1.82, 2.24) is 0 Å². The lowest BCUT2D eigenvalue weighted by atomic mass is 9.96. The Bertz CT molecular complexity index is 688. The molecule has 0 aromatic heterocycles. The summed E-state index contributed by atoms with van der Waals surface area (Å²) in [7, 11) is 3.23. The van der Waals surface area contributed by atoms with Crippen LogP contribution in [0.3, 0.4) is 0 Å². The third-order valence-electron chi connectivity index (χ3n) is 3.61. The number of carbonyl (C=O) groups is 1. The van der Waals surface area contributed by atoms with Crippen molar-refractivity contribution in [2.24, 2.45) is 0 Å². The van der Waals surface area contributed by atoms with E-state index in [0.717, 1.165) is 27.2 Å². The summed E-state index contributed by atoms with van der Waals surface area (Å²) in [6, 6.07) is 13.2. The van der Waals surface area contributed by atoms with Crippen LogP contribution in [0.4, 0.5) is 5.69 Å². The van der Waals surface area contributed by atoms with Gasteiger partial charge >= 0.3 is 0 Å². The summed E-state index contributed by atoms with van der Waals surface area (Å²) in [5.74, 6) is 1.45. The van der Waals surface area contributed by atoms with Crippen molar-refractivity contribution in [3.63, 3.8) is 0 Å². The largest absolute Gasteiger partial charge is 0.497 e. The first-order chi connectivity index (χ1) is 11.0. The molecule has 0 radical (unpaired) electrons. The van der Waals surface area contributed by atoms with E-state index in [9.17, 15) is 4.79 Å². The van der Waals surface area contributed by atoms with Crippen molar-refractivity contribution >= 4 is 27.5 Å². The van der Waals surface area contributed by atoms with Gasteiger partial charge in [-0.25, -0.2) is 0 Å². The molecule has 0 saturated carbocycles. The molecule has 0 spiro atoms. The van der Waals surface area contributed by atoms with Gasteiger partial charge in [0.1, 0.15) is 11.5 Å². The number of hydrogen-bond acceptors (Lipinski definition) is 3. The lowest BCUT2D eigenvalue weighted by Gasteiger charge is -2.16. The van der Waals surface area contributed by atoms with Crippen molar-refractivity contribution in [3.8, 4) is 11.5 Å². The highest BCUT2D eigenvalue weighted by molar-refractivity contribution is 9.10. The van der Waals surface area contributed by atoms with E-state index < -0.39 is 0 Å². The monoisotopic (exact) mass is 377 g/mol. The van der Waals surface area contributed by atoms with Crippen LogP contribution in [0.15, 0.2) is 46.9 Å². The summed E-state index contributed by atoms with van der Waals surface area (Å²) >= 11 is 3.43. The predicted molar refractivity (Wildman–Crippen MR) is 95.3 cm³/mol. The Labute approximate surface area is 144 Å². The van der Waals surface area contributed by atoms with E-state index in [1.165, 1.54) is 0 Å². The van der Waals surface area contributed by atoms with Crippen LogP contribution in [0.25, 0.3) is 0 Å². The molecule has 2 rings (SSSR count). The van der Waals surface area contributed by atoms with E-state index in [2.05, 4.69) is 21.2 Å². The lowest BCUT2D eigenvalue weighted by molar-refractivity contribution is -0.116. The third kappa shape index (κ3) is 4.48. The molecular weight excluding hydrogens is 358 g/mol. The first-order valence-electron chi connectivity index (χ1n) is 7.31. The minimum absolute atomic E-state index is 0.0262. The Hall–Kier alpha value is -2.01. The van der Waals surface area contributed by atoms with Crippen LogP contribution in [-0.4, -0.2) is 20.1 Å². The van der Waals surface area contributed by atoms with Crippen molar-refractivity contribution in [2.45, 2.75) is 19.3 Å². The van der Waals surface area contributed by atoms with Crippen molar-refractivity contribution in [1.29, 1.82) is 0 Å². The van der Waals surface area contributed by atoms with Gasteiger partial charge < -0.3 is 14.8 Å². The molecule has 4 nitrogen and oxygen atoms in total. The normalized spacial score (nSPS) is 11.7. The standard InChI is InChI=1S/C18H20BrNO3/c1-12(14-9-8-13(22-2)11-17(14)23-3)10-18(21)20-16-7-5-4-6-15(16)19/h4-9,11-12H,10H2,1-3H3,(H,20,21). The molecule has 23 heavy (non-hydrogen) atoms. The fraction of sp³-hybridized carbons (Fsp3) is 0.278. The smallest absolute Gasteiger partial charge is 0.225 e. The minimum atomic E-state index is -0.0396. The molecule has 5 heteroatoms. The van der Waals surface area contributed by atoms with Gasteiger partial charge in [0.25, 0.3) is 0 Å². The molecule has 0 fully saturated rings. The number of ether oxygens (including phenoxy) is 2. The number of carbonyl (C=O) groups excluding carboxylic acids is 1. The number of rotatable bonds is 6. The first-order valence-corrected chi connectivity index (χ1v) is 8.10. The molecular formula is C18H20BrNO3. The van der Waals surface area contributed by atoms with Crippen molar-refractivity contribution in [3.05, 3.63) is 52.5 Å². The van der Waals surface area contributed by atoms with E-state index >= 15 is 0 Å². The van der Waals surface area contributed by atoms with E-state index in [-0.39, 0.29) is 11.8 Å². The maximum absolute atomic E-state index is 12.3. The summed E-state index contributed by atoms with van der Waals surface area (Å²) in [5.41, 5.74) is 1.75. The summed E-state index contributed by atoms with van der Waals surface area (Å²) in [6.45, 7) is 2.00. The number of halogens is 1. The van der Waals surface area contributed by atoms with Gasteiger partial charge in [-0.3, -0.25) is 4.79 Å². The zero-order valence-corrected chi connectivity index (χ0v) is 15.0. The first kappa shape index (κ1) is 17.3. The average Bonchev–Trinajstić information content (AvgIpc) is 2.56. The fourth-order valence-corrected chi connectivity index (χ4v) is 2.76. The van der Waals surface area contributed by atoms with Crippen LogP contribution in [0, 0.1) is 0 Å². The Balaban J connectivity index is 2.08. The third-order valence-corrected chi connectivity index (χ3v) is 4.30. The number of benzene rings is 2. The van der Waals surface area contributed by atoms with E-state index in [1.807, 2.05) is 49.4 Å². The Morgan fingerprint density at radius 2 is 1.91 bits per heavy atom. The molecule has 0 heterocycles. The van der Waals surface area contributed by atoms with Crippen LogP contribution in [-0.2, 0) is 4.79 Å². The Morgan fingerprint density at radius 1 is 1.17 bits per heavy atom. The van der Waals surface area contributed by atoms with Gasteiger partial charge in [-0.15, -0.1) is 0 Å². The average molecular weight is 378 g/mol. The molecule has 1 amide bonds. The van der Waals surface area contributed by atoms with Crippen LogP contribution >= 0.6 is 15.9 Å². The van der Waals surface area contributed by atoms with Crippen LogP contribution in [0.5, 0.6) is 11.5 Å². The van der Waals surface area contributed by atoms with Gasteiger partial charge in [-0.1, -0.05) is 25.1 Å². The van der Waals surface area contributed by atoms with E-state index in [0.29, 0.717) is 6.42 Å². The molecule has 1 atom stereocenters. The number of anilines is 1. The van der Waals surface area contributed by atoms with Gasteiger partial charge in [0.2, 0.25) is 5.91 Å². The fourth-order valence-electron chi connectivity index (χ4n) is 2.38. The van der Waals surface area contributed by atoms with Crippen LogP contribution < -0.4 is 14.8 Å². The number of hydrogen-bond donors (Lipinski definition) is 1. The summed E-state index contributed by atoms with van der Waals surface area (Å²) in [4.78, 5) is 12.3. The zero-order valence-electron chi connectivity index (χ0n) is 13.4. The SMILES string of the molecule is COc1ccc(C(C)CC(=O)Nc2ccccc2Br)c(OC)c1. The number of amides is 1. The quantitative estimate of drug-likeness (QED) is 0.799. The lowest BCUT2D eigenvalue weighted by Crippen LogP contribution is -2.15. The van der Waals surface area contributed by atoms with Crippen LogP contribution in [0.2, 0.25) is 0 Å². The molecule has 1 unspecified atom stereocenters. The molecule has 2 aromatic carbocycles. The van der Waals surface area contributed by atoms with Crippen molar-refractivity contribution in [2.75, 3.05) is 19.5 Å². The second kappa shape index (κ2) is 8.02. The number of methoxy groups -OCH3 is 2. The van der Waals surface area contributed by atoms with Crippen LogP contribution in [0.1, 0.15) is 24.8 Å². The van der Waals surface area contributed by atoms with Crippen molar-refractivity contribution < 1.29 is 14.3 Å². The maximum Gasteiger partial charge on any atom is 0.225 e. The second-order valence-electron chi connectivity index (χ2n) is 5.24. The van der Waals surface area contributed by atoms with E-state index in [1.54, 1.807) is 14.2 Å². The molecule has 1 N–H and O–H groups in total. The summed E-state index contributed by atoms with van der Waals surface area (Å²) in [6.07, 6.45) is 0.365. The highest BCUT2D eigenvalue weighted by atomic mass is 79.9. The second-order valence-corrected chi connectivity index (χ2v) is 6.10. The zero-order chi connectivity index (χ0) is 16.8. The molecule has 0 aliphatic rings. The molecule has 122 valence electrons.